The lowest BCUT2D eigenvalue weighted by Crippen LogP contribution is -1.89. The van der Waals surface area contributed by atoms with Crippen LogP contribution in [0.2, 0.25) is 0 Å². The van der Waals surface area contributed by atoms with E-state index < -0.39 is 0 Å². The normalized spacial score (nSPS) is 11.0. The molecule has 0 N–H and O–H groups in total. The highest BCUT2D eigenvalue weighted by molar-refractivity contribution is 7.11. The molecule has 0 spiro atoms. The summed E-state index contributed by atoms with van der Waals surface area (Å²) >= 11 is 1.41. The van der Waals surface area contributed by atoms with Crippen molar-refractivity contribution in [1.82, 2.24) is 9.97 Å². The van der Waals surface area contributed by atoms with E-state index in [-0.39, 0.29) is 0 Å². The molecule has 3 aromatic rings. The maximum Gasteiger partial charge on any atom is 0.134 e. The lowest BCUT2D eigenvalue weighted by atomic mass is 10.1. The number of pyridine rings is 1. The molecule has 25 heavy (non-hydrogen) atoms. The number of hydrogen-bond acceptors (Lipinski definition) is 6. The molecule has 0 atom stereocenters. The number of aromatic nitrogens is 2. The van der Waals surface area contributed by atoms with Gasteiger partial charge >= 0.3 is 0 Å². The Morgan fingerprint density at radius 3 is 2.48 bits per heavy atom. The number of rotatable bonds is 5. The van der Waals surface area contributed by atoms with Crippen LogP contribution in [0.4, 0.5) is 0 Å². The number of benzene rings is 1. The third kappa shape index (κ3) is 3.84. The molecule has 0 aliphatic heterocycles. The van der Waals surface area contributed by atoms with Crippen LogP contribution in [0, 0.1) is 11.3 Å². The van der Waals surface area contributed by atoms with Crippen molar-refractivity contribution in [2.24, 2.45) is 0 Å². The molecule has 0 aliphatic rings. The Balaban J connectivity index is 1.97. The molecule has 6 heteroatoms. The molecule has 0 fully saturated rings. The summed E-state index contributed by atoms with van der Waals surface area (Å²) in [6.07, 6.45) is 3.49. The van der Waals surface area contributed by atoms with Crippen molar-refractivity contribution in [3.8, 4) is 29.0 Å². The fourth-order valence-corrected chi connectivity index (χ4v) is 3.03. The van der Waals surface area contributed by atoms with Crippen molar-refractivity contribution in [3.05, 3.63) is 58.5 Å². The second-order valence-electron chi connectivity index (χ2n) is 5.07. The maximum atomic E-state index is 9.54. The summed E-state index contributed by atoms with van der Waals surface area (Å²) in [7, 11) is 3.18. The summed E-state index contributed by atoms with van der Waals surface area (Å²) in [5.74, 6) is 1.33. The molecule has 0 saturated heterocycles. The van der Waals surface area contributed by atoms with E-state index in [1.165, 1.54) is 11.3 Å². The monoisotopic (exact) mass is 349 g/mol. The van der Waals surface area contributed by atoms with Gasteiger partial charge in [-0.1, -0.05) is 6.07 Å². The third-order valence-corrected chi connectivity index (χ3v) is 4.34. The lowest BCUT2D eigenvalue weighted by Gasteiger charge is -2.06. The molecule has 3 rings (SSSR count). The number of thiazole rings is 1. The van der Waals surface area contributed by atoms with Gasteiger partial charge in [0.05, 0.1) is 25.5 Å². The van der Waals surface area contributed by atoms with E-state index in [1.54, 1.807) is 32.6 Å². The van der Waals surface area contributed by atoms with Gasteiger partial charge in [0, 0.05) is 17.6 Å². The molecule has 0 aliphatic carbocycles. The summed E-state index contributed by atoms with van der Waals surface area (Å²) in [4.78, 5) is 8.82. The molecule has 0 unspecified atom stereocenters. The Hall–Kier alpha value is -3.17. The number of nitriles is 1. The molecule has 124 valence electrons. The molecular weight excluding hydrogens is 334 g/mol. The first-order chi connectivity index (χ1) is 12.2. The third-order valence-electron chi connectivity index (χ3n) is 3.47. The quantitative estimate of drug-likeness (QED) is 0.643. The number of nitrogens with zero attached hydrogens (tertiary/aromatic N) is 3. The lowest BCUT2D eigenvalue weighted by molar-refractivity contribution is 0.394. The average Bonchev–Trinajstić information content (AvgIpc) is 3.16. The minimum absolute atomic E-state index is 0.475. The van der Waals surface area contributed by atoms with E-state index >= 15 is 0 Å². The Kier molecular flexibility index (Phi) is 5.07. The molecular formula is C19H15N3O2S. The molecule has 0 radical (unpaired) electrons. The fourth-order valence-electron chi connectivity index (χ4n) is 2.25. The van der Waals surface area contributed by atoms with Gasteiger partial charge < -0.3 is 9.47 Å². The van der Waals surface area contributed by atoms with Crippen molar-refractivity contribution in [2.45, 2.75) is 0 Å². The number of ether oxygens (including phenoxy) is 2. The molecule has 1 aromatic carbocycles. The minimum Gasteiger partial charge on any atom is -0.497 e. The summed E-state index contributed by atoms with van der Waals surface area (Å²) in [5, 5.41) is 12.1. The molecule has 5 nitrogen and oxygen atoms in total. The summed E-state index contributed by atoms with van der Waals surface area (Å²) in [5.41, 5.74) is 2.82. The van der Waals surface area contributed by atoms with Crippen molar-refractivity contribution in [2.75, 3.05) is 14.2 Å². The number of methoxy groups -OCH3 is 2. The Morgan fingerprint density at radius 2 is 1.88 bits per heavy atom. The van der Waals surface area contributed by atoms with Gasteiger partial charge in [-0.2, -0.15) is 5.26 Å². The topological polar surface area (TPSA) is 68.0 Å². The highest BCUT2D eigenvalue weighted by atomic mass is 32.1. The van der Waals surface area contributed by atoms with E-state index in [0.717, 1.165) is 17.0 Å². The second kappa shape index (κ2) is 7.60. The highest BCUT2D eigenvalue weighted by Gasteiger charge is 2.10. The van der Waals surface area contributed by atoms with Crippen LogP contribution in [0.25, 0.3) is 23.0 Å². The first-order valence-electron chi connectivity index (χ1n) is 7.45. The number of allylic oxidation sites excluding steroid dienone is 1. The van der Waals surface area contributed by atoms with E-state index in [0.29, 0.717) is 22.1 Å². The van der Waals surface area contributed by atoms with Crippen LogP contribution in [0.5, 0.6) is 11.5 Å². The maximum absolute atomic E-state index is 9.54. The molecule has 0 amide bonds. The van der Waals surface area contributed by atoms with Gasteiger partial charge in [0.25, 0.3) is 0 Å². The predicted molar refractivity (Wildman–Crippen MR) is 98.4 cm³/mol. The van der Waals surface area contributed by atoms with Gasteiger partial charge in [0.2, 0.25) is 0 Å². The van der Waals surface area contributed by atoms with Crippen LogP contribution in [-0.4, -0.2) is 24.2 Å². The van der Waals surface area contributed by atoms with Gasteiger partial charge in [-0.3, -0.25) is 4.98 Å². The summed E-state index contributed by atoms with van der Waals surface area (Å²) < 4.78 is 10.5. The zero-order valence-corrected chi connectivity index (χ0v) is 14.6. The zero-order chi connectivity index (χ0) is 17.6. The Bertz CT molecular complexity index is 921. The van der Waals surface area contributed by atoms with Crippen LogP contribution >= 0.6 is 11.3 Å². The first-order valence-corrected chi connectivity index (χ1v) is 8.33. The second-order valence-corrected chi connectivity index (χ2v) is 5.93. The van der Waals surface area contributed by atoms with E-state index in [1.807, 2.05) is 35.7 Å². The standard InChI is InChI=1S/C19H15N3O2S/c1-23-15-8-13(9-16(10-15)24-2)7-14(11-20)19-22-18(12-25-19)17-5-3-4-6-21-17/h3-10,12H,1-2H3/b14-7+. The van der Waals surface area contributed by atoms with Gasteiger partial charge in [-0.05, 0) is 35.9 Å². The van der Waals surface area contributed by atoms with E-state index in [9.17, 15) is 5.26 Å². The highest BCUT2D eigenvalue weighted by Crippen LogP contribution is 2.28. The average molecular weight is 349 g/mol. The zero-order valence-electron chi connectivity index (χ0n) is 13.8. The summed E-state index contributed by atoms with van der Waals surface area (Å²) in [6.45, 7) is 0. The largest absolute Gasteiger partial charge is 0.497 e. The molecule has 0 saturated carbocycles. The van der Waals surface area contributed by atoms with E-state index in [4.69, 9.17) is 9.47 Å². The van der Waals surface area contributed by atoms with Gasteiger partial charge in [0.15, 0.2) is 0 Å². The van der Waals surface area contributed by atoms with E-state index in [2.05, 4.69) is 16.0 Å². The number of hydrogen-bond donors (Lipinski definition) is 0. The first kappa shape index (κ1) is 16.7. The minimum atomic E-state index is 0.475. The molecule has 2 heterocycles. The van der Waals surface area contributed by atoms with Crippen LogP contribution in [-0.2, 0) is 0 Å². The van der Waals surface area contributed by atoms with Crippen LogP contribution in [0.15, 0.2) is 48.0 Å². The van der Waals surface area contributed by atoms with Crippen LogP contribution < -0.4 is 9.47 Å². The van der Waals surface area contributed by atoms with Crippen molar-refractivity contribution < 1.29 is 9.47 Å². The van der Waals surface area contributed by atoms with Gasteiger partial charge in [0.1, 0.15) is 28.3 Å². The summed E-state index contributed by atoms with van der Waals surface area (Å²) in [6, 6.07) is 13.3. The van der Waals surface area contributed by atoms with Crippen LogP contribution in [0.1, 0.15) is 10.6 Å². The predicted octanol–water partition coefficient (Wildman–Crippen LogP) is 4.29. The Morgan fingerprint density at radius 1 is 1.12 bits per heavy atom. The van der Waals surface area contributed by atoms with Crippen molar-refractivity contribution >= 4 is 23.0 Å². The van der Waals surface area contributed by atoms with Gasteiger partial charge in [-0.15, -0.1) is 11.3 Å². The molecule has 2 aromatic heterocycles. The Labute approximate surface area is 149 Å². The fraction of sp³-hybridized carbons (Fsp3) is 0.105. The van der Waals surface area contributed by atoms with Crippen LogP contribution in [0.3, 0.4) is 0 Å². The van der Waals surface area contributed by atoms with Crippen molar-refractivity contribution in [1.29, 1.82) is 5.26 Å². The smallest absolute Gasteiger partial charge is 0.134 e. The SMILES string of the molecule is COc1cc(/C=C(\C#N)c2nc(-c3ccccn3)cs2)cc(OC)c1. The van der Waals surface area contributed by atoms with Crippen molar-refractivity contribution in [3.63, 3.8) is 0 Å². The van der Waals surface area contributed by atoms with Gasteiger partial charge in [-0.25, -0.2) is 4.98 Å². The molecule has 0 bridgehead atoms.